The summed E-state index contributed by atoms with van der Waals surface area (Å²) in [6, 6.07) is 4.18. The highest BCUT2D eigenvalue weighted by Crippen LogP contribution is 2.18. The van der Waals surface area contributed by atoms with E-state index >= 15 is 0 Å². The Kier molecular flexibility index (Phi) is 12.9. The number of ether oxygens (including phenoxy) is 2. The lowest BCUT2D eigenvalue weighted by Crippen LogP contribution is -2.31. The molecule has 6 aromatic rings. The highest BCUT2D eigenvalue weighted by molar-refractivity contribution is 5.95. The van der Waals surface area contributed by atoms with Crippen LogP contribution in [0.3, 0.4) is 0 Å². The number of nitrogens with one attached hydrogen (secondary N) is 2. The average molecular weight is 865 g/mol. The number of hydrogen-bond donors (Lipinski definition) is 4. The minimum absolute atomic E-state index is 0.0565. The van der Waals surface area contributed by atoms with Crippen molar-refractivity contribution in [1.29, 1.82) is 0 Å². The fourth-order valence-corrected chi connectivity index (χ4v) is 6.40. The Morgan fingerprint density at radius 1 is 0.629 bits per heavy atom. The predicted octanol–water partition coefficient (Wildman–Crippen LogP) is 3.82. The van der Waals surface area contributed by atoms with Gasteiger partial charge in [-0.15, -0.1) is 0 Å². The molecule has 2 atom stereocenters. The van der Waals surface area contributed by atoms with Crippen LogP contribution < -0.4 is 32.6 Å². The number of aromatic nitrogens is 4. The van der Waals surface area contributed by atoms with Crippen molar-refractivity contribution in [3.63, 3.8) is 0 Å². The Hall–Kier alpha value is -7.71. The van der Waals surface area contributed by atoms with Crippen LogP contribution in [0.25, 0.3) is 11.0 Å². The molecule has 62 heavy (non-hydrogen) atoms. The molecule has 21 heteroatoms. The number of aromatic hydroxyl groups is 2. The van der Waals surface area contributed by atoms with Crippen LogP contribution in [0.4, 0.5) is 22.4 Å². The first-order chi connectivity index (χ1) is 29.5. The van der Waals surface area contributed by atoms with Gasteiger partial charge in [-0.1, -0.05) is 12.1 Å². The number of halogens is 4. The number of rotatable bonds is 14. The number of fused-ring (bicyclic) bond motifs is 2. The van der Waals surface area contributed by atoms with Crippen molar-refractivity contribution in [1.82, 2.24) is 28.6 Å². The summed E-state index contributed by atoms with van der Waals surface area (Å²) in [6.45, 7) is 1.94. The van der Waals surface area contributed by atoms with Crippen molar-refractivity contribution in [3.05, 3.63) is 160 Å². The van der Waals surface area contributed by atoms with Gasteiger partial charge in [0.1, 0.15) is 34.4 Å². The van der Waals surface area contributed by atoms with Gasteiger partial charge in [-0.25, -0.2) is 22.4 Å². The average Bonchev–Trinajstić information content (AvgIpc) is 3.22. The van der Waals surface area contributed by atoms with Gasteiger partial charge in [0.05, 0.1) is 13.2 Å². The highest BCUT2D eigenvalue weighted by atomic mass is 19.1. The van der Waals surface area contributed by atoms with Crippen molar-refractivity contribution in [2.24, 2.45) is 0 Å². The minimum atomic E-state index is -1.17. The Bertz CT molecular complexity index is 2800. The monoisotopic (exact) mass is 864 g/mol. The SMILES string of the molecule is C[C@H](CCOC(=O)OCC[C@@H](C)n1ccn2cc(C(=O)NCc3ccc(F)cc3F)c(=O)c(O)c2c1=O)n1ccn2cc(C(=O)NCc3ccc(F)cc3F)c(=O)c(O)c2c1=O. The van der Waals surface area contributed by atoms with E-state index in [1.165, 1.54) is 33.9 Å². The maximum atomic E-state index is 14.0. The second-order valence-electron chi connectivity index (χ2n) is 14.0. The number of nitrogens with zero attached hydrogens (tertiary/aromatic N) is 4. The van der Waals surface area contributed by atoms with E-state index in [-0.39, 0.29) is 37.2 Å². The van der Waals surface area contributed by atoms with Gasteiger partial charge >= 0.3 is 6.16 Å². The van der Waals surface area contributed by atoms with E-state index in [0.717, 1.165) is 45.5 Å². The molecule has 0 aliphatic carbocycles. The van der Waals surface area contributed by atoms with Crippen LogP contribution in [0.5, 0.6) is 11.5 Å². The van der Waals surface area contributed by atoms with Crippen LogP contribution in [0.2, 0.25) is 0 Å². The van der Waals surface area contributed by atoms with Crippen molar-refractivity contribution >= 4 is 29.0 Å². The molecular weight excluding hydrogens is 828 g/mol. The second kappa shape index (κ2) is 18.3. The van der Waals surface area contributed by atoms with Gasteiger partial charge in [0.15, 0.2) is 22.5 Å². The highest BCUT2D eigenvalue weighted by Gasteiger charge is 2.23. The number of benzene rings is 2. The van der Waals surface area contributed by atoms with Gasteiger partial charge in [-0.3, -0.25) is 28.8 Å². The topological polar surface area (TPSA) is 221 Å². The molecule has 0 aliphatic heterocycles. The molecule has 0 unspecified atom stereocenters. The van der Waals surface area contributed by atoms with E-state index in [4.69, 9.17) is 9.47 Å². The molecule has 4 aromatic heterocycles. The normalized spacial score (nSPS) is 12.2. The Labute approximate surface area is 345 Å². The van der Waals surface area contributed by atoms with E-state index in [2.05, 4.69) is 10.6 Å². The summed E-state index contributed by atoms with van der Waals surface area (Å²) in [5.74, 6) is -7.47. The number of hydrogen-bond acceptors (Lipinski definition) is 11. The van der Waals surface area contributed by atoms with E-state index in [9.17, 15) is 61.3 Å². The largest absolute Gasteiger partial charge is 0.508 e. The zero-order valence-corrected chi connectivity index (χ0v) is 32.7. The maximum Gasteiger partial charge on any atom is 0.508 e. The lowest BCUT2D eigenvalue weighted by Gasteiger charge is -2.18. The minimum Gasteiger partial charge on any atom is -0.503 e. The van der Waals surface area contributed by atoms with Gasteiger partial charge < -0.3 is 48.3 Å². The molecule has 324 valence electrons. The molecule has 4 N–H and O–H groups in total. The quantitative estimate of drug-likeness (QED) is 0.0911. The molecule has 0 spiro atoms. The van der Waals surface area contributed by atoms with Gasteiger partial charge in [0, 0.05) is 98.5 Å². The summed E-state index contributed by atoms with van der Waals surface area (Å²) in [7, 11) is 0. The van der Waals surface area contributed by atoms with Crippen molar-refractivity contribution in [2.75, 3.05) is 13.2 Å². The molecule has 4 heterocycles. The molecule has 17 nitrogen and oxygen atoms in total. The fourth-order valence-electron chi connectivity index (χ4n) is 6.40. The zero-order chi connectivity index (χ0) is 45.0. The van der Waals surface area contributed by atoms with Crippen molar-refractivity contribution < 1.29 is 51.6 Å². The van der Waals surface area contributed by atoms with Crippen LogP contribution in [-0.4, -0.2) is 59.3 Å². The van der Waals surface area contributed by atoms with E-state index in [1.54, 1.807) is 13.8 Å². The summed E-state index contributed by atoms with van der Waals surface area (Å²) < 4.78 is 69.1. The first-order valence-electron chi connectivity index (χ1n) is 18.7. The molecule has 2 aromatic carbocycles. The fraction of sp³-hybridized carbons (Fsp3) is 0.244. The van der Waals surface area contributed by atoms with E-state index in [0.29, 0.717) is 12.1 Å². The maximum absolute atomic E-state index is 14.0. The second-order valence-corrected chi connectivity index (χ2v) is 14.0. The number of carbonyl (C=O) groups is 3. The molecule has 0 saturated carbocycles. The first-order valence-corrected chi connectivity index (χ1v) is 18.7. The molecule has 0 aliphatic rings. The molecule has 6 rings (SSSR count). The van der Waals surface area contributed by atoms with Crippen molar-refractivity contribution in [3.8, 4) is 11.5 Å². The van der Waals surface area contributed by atoms with Crippen LogP contribution >= 0.6 is 0 Å². The van der Waals surface area contributed by atoms with Gasteiger partial charge in [0.25, 0.3) is 22.9 Å². The van der Waals surface area contributed by atoms with Crippen LogP contribution in [0.1, 0.15) is 70.6 Å². The Balaban J connectivity index is 1.01. The summed E-state index contributed by atoms with van der Waals surface area (Å²) in [5.41, 5.74) is -6.05. The third-order valence-corrected chi connectivity index (χ3v) is 9.93. The van der Waals surface area contributed by atoms with Gasteiger partial charge in [0.2, 0.25) is 10.9 Å². The van der Waals surface area contributed by atoms with Crippen molar-refractivity contribution in [2.45, 2.75) is 51.9 Å². The van der Waals surface area contributed by atoms with Crippen LogP contribution in [-0.2, 0) is 22.6 Å². The third kappa shape index (κ3) is 9.20. The number of amides is 2. The summed E-state index contributed by atoms with van der Waals surface area (Å²) in [5, 5.41) is 26.0. The van der Waals surface area contributed by atoms with E-state index < -0.39 is 122 Å². The van der Waals surface area contributed by atoms with Gasteiger partial charge in [-0.05, 0) is 26.0 Å². The summed E-state index contributed by atoms with van der Waals surface area (Å²) in [4.78, 5) is 90.3. The number of carbonyl (C=O) groups excluding carboxylic acids is 3. The molecule has 0 radical (unpaired) electrons. The third-order valence-electron chi connectivity index (χ3n) is 9.93. The molecular formula is C41H36F4N6O11. The lowest BCUT2D eigenvalue weighted by molar-refractivity contribution is 0.0491. The smallest absolute Gasteiger partial charge is 0.503 e. The lowest BCUT2D eigenvalue weighted by atomic mass is 10.2. The Morgan fingerprint density at radius 3 is 1.39 bits per heavy atom. The van der Waals surface area contributed by atoms with Gasteiger partial charge in [-0.2, -0.15) is 0 Å². The molecule has 0 bridgehead atoms. The molecule has 0 fully saturated rings. The molecule has 2 amide bonds. The number of pyridine rings is 2. The standard InChI is InChI=1S/C41H36F4N6O11/c1-21(50-11-9-48-19-27(33(52)35(54)31(48)39(50)58)37(56)46-17-23-3-5-25(42)15-29(23)44)7-13-61-41(60)62-14-8-22(2)51-12-10-49-20-28(34(53)36(55)32(49)40(51)59)38(57)47-18-24-4-6-26(43)16-30(24)45/h3-6,9-12,15-16,19-22,54-55H,7-8,13-14,17-18H2,1-2H3,(H,46,56)(H,47,57)/t21-,22-/m1/s1. The van der Waals surface area contributed by atoms with E-state index in [1.807, 2.05) is 0 Å². The molecule has 0 saturated heterocycles. The zero-order valence-electron chi connectivity index (χ0n) is 32.7. The summed E-state index contributed by atoms with van der Waals surface area (Å²) >= 11 is 0. The summed E-state index contributed by atoms with van der Waals surface area (Å²) in [6.07, 6.45) is 6.36. The first kappa shape index (κ1) is 43.9. The Morgan fingerprint density at radius 2 is 1.02 bits per heavy atom. The van der Waals surface area contributed by atoms with Crippen LogP contribution in [0, 0.1) is 23.3 Å². The predicted molar refractivity (Wildman–Crippen MR) is 210 cm³/mol. The van der Waals surface area contributed by atoms with Crippen LogP contribution in [0.15, 0.2) is 92.8 Å².